The van der Waals surface area contributed by atoms with Crippen molar-refractivity contribution in [1.29, 1.82) is 0 Å². The van der Waals surface area contributed by atoms with Crippen molar-refractivity contribution in [2.45, 2.75) is 13.0 Å². The van der Waals surface area contributed by atoms with Gasteiger partial charge in [-0.3, -0.25) is 4.57 Å². The van der Waals surface area contributed by atoms with Gasteiger partial charge < -0.3 is 9.64 Å². The SMILES string of the molecule is CC1COCCN1c1n[nH]c(=S)n1C. The average molecular weight is 214 g/mol. The highest BCUT2D eigenvalue weighted by Gasteiger charge is 2.22. The van der Waals surface area contributed by atoms with E-state index in [9.17, 15) is 0 Å². The number of ether oxygens (including phenoxy) is 1. The Morgan fingerprint density at radius 3 is 3.00 bits per heavy atom. The summed E-state index contributed by atoms with van der Waals surface area (Å²) in [6, 6.07) is 0.354. The molecule has 2 heterocycles. The zero-order valence-electron chi connectivity index (χ0n) is 8.36. The Bertz CT molecular complexity index is 372. The minimum absolute atomic E-state index is 0.354. The van der Waals surface area contributed by atoms with E-state index >= 15 is 0 Å². The fourth-order valence-electron chi connectivity index (χ4n) is 1.62. The summed E-state index contributed by atoms with van der Waals surface area (Å²) < 4.78 is 7.90. The average Bonchev–Trinajstić information content (AvgIpc) is 2.49. The number of rotatable bonds is 1. The molecule has 1 aromatic heterocycles. The topological polar surface area (TPSA) is 46.1 Å². The van der Waals surface area contributed by atoms with Gasteiger partial charge in [-0.1, -0.05) is 0 Å². The first-order valence-corrected chi connectivity index (χ1v) is 5.06. The summed E-state index contributed by atoms with van der Waals surface area (Å²) in [6.07, 6.45) is 0. The van der Waals surface area contributed by atoms with Gasteiger partial charge in [-0.25, -0.2) is 5.10 Å². The van der Waals surface area contributed by atoms with Crippen molar-refractivity contribution in [2.75, 3.05) is 24.7 Å². The first-order valence-electron chi connectivity index (χ1n) is 4.66. The molecule has 0 aliphatic carbocycles. The van der Waals surface area contributed by atoms with Gasteiger partial charge in [0.2, 0.25) is 5.95 Å². The third-order valence-corrected chi connectivity index (χ3v) is 2.85. The van der Waals surface area contributed by atoms with Crippen LogP contribution in [0.5, 0.6) is 0 Å². The molecule has 2 rings (SSSR count). The maximum atomic E-state index is 5.37. The van der Waals surface area contributed by atoms with E-state index in [0.717, 1.165) is 25.7 Å². The van der Waals surface area contributed by atoms with Gasteiger partial charge in [0.25, 0.3) is 0 Å². The Hall–Kier alpha value is -0.880. The van der Waals surface area contributed by atoms with Gasteiger partial charge in [-0.05, 0) is 19.1 Å². The van der Waals surface area contributed by atoms with E-state index in [0.29, 0.717) is 10.8 Å². The predicted molar refractivity (Wildman–Crippen MR) is 56.0 cm³/mol. The summed E-state index contributed by atoms with van der Waals surface area (Å²) in [4.78, 5) is 2.20. The van der Waals surface area contributed by atoms with Gasteiger partial charge in [0.05, 0.1) is 19.3 Å². The molecule has 1 N–H and O–H groups in total. The van der Waals surface area contributed by atoms with E-state index in [1.54, 1.807) is 0 Å². The summed E-state index contributed by atoms with van der Waals surface area (Å²) in [7, 11) is 1.92. The second-order valence-corrected chi connectivity index (χ2v) is 3.89. The molecule has 1 saturated heterocycles. The van der Waals surface area contributed by atoms with Crippen LogP contribution in [0.4, 0.5) is 5.95 Å². The first kappa shape index (κ1) is 9.67. The van der Waals surface area contributed by atoms with Crippen molar-refractivity contribution in [3.05, 3.63) is 4.77 Å². The normalized spacial score (nSPS) is 22.7. The highest BCUT2D eigenvalue weighted by Crippen LogP contribution is 2.15. The molecule has 1 aliphatic rings. The summed E-state index contributed by atoms with van der Waals surface area (Å²) in [6.45, 7) is 4.50. The number of aromatic nitrogens is 3. The van der Waals surface area contributed by atoms with Gasteiger partial charge in [0.15, 0.2) is 4.77 Å². The van der Waals surface area contributed by atoms with Crippen LogP contribution in [0.2, 0.25) is 0 Å². The number of nitrogens with one attached hydrogen (secondary N) is 1. The van der Waals surface area contributed by atoms with Gasteiger partial charge in [0.1, 0.15) is 0 Å². The molecule has 0 amide bonds. The number of aromatic amines is 1. The van der Waals surface area contributed by atoms with E-state index in [1.807, 2.05) is 11.6 Å². The van der Waals surface area contributed by atoms with Crippen molar-refractivity contribution in [3.63, 3.8) is 0 Å². The van der Waals surface area contributed by atoms with E-state index in [4.69, 9.17) is 17.0 Å². The number of hydrogen-bond donors (Lipinski definition) is 1. The standard InChI is InChI=1S/C8H14N4OS/c1-6-5-13-4-3-12(6)7-9-10-8(14)11(7)2/h6H,3-5H2,1-2H3,(H,10,14). The molecule has 5 nitrogen and oxygen atoms in total. The lowest BCUT2D eigenvalue weighted by Gasteiger charge is -2.33. The summed E-state index contributed by atoms with van der Waals surface area (Å²) in [5.74, 6) is 0.894. The lowest BCUT2D eigenvalue weighted by molar-refractivity contribution is 0.0978. The zero-order valence-corrected chi connectivity index (χ0v) is 9.17. The van der Waals surface area contributed by atoms with Gasteiger partial charge in [-0.2, -0.15) is 0 Å². The molecule has 0 bridgehead atoms. The van der Waals surface area contributed by atoms with Crippen LogP contribution in [0.3, 0.4) is 0 Å². The molecule has 1 fully saturated rings. The van der Waals surface area contributed by atoms with Crippen LogP contribution in [0.1, 0.15) is 6.92 Å². The van der Waals surface area contributed by atoms with Gasteiger partial charge >= 0.3 is 0 Å². The van der Waals surface area contributed by atoms with E-state index in [1.165, 1.54) is 0 Å². The molecule has 0 saturated carbocycles. The molecule has 1 aliphatic heterocycles. The molecule has 1 unspecified atom stereocenters. The number of nitrogens with zero attached hydrogens (tertiary/aromatic N) is 3. The number of hydrogen-bond acceptors (Lipinski definition) is 4. The molecular formula is C8H14N4OS. The van der Waals surface area contributed by atoms with E-state index in [2.05, 4.69) is 22.0 Å². The number of H-pyrrole nitrogens is 1. The molecule has 6 heteroatoms. The van der Waals surface area contributed by atoms with Gasteiger partial charge in [-0.15, -0.1) is 5.10 Å². The molecule has 0 radical (unpaired) electrons. The Kier molecular flexibility index (Phi) is 2.56. The Morgan fingerprint density at radius 1 is 1.64 bits per heavy atom. The van der Waals surface area contributed by atoms with Crippen LogP contribution in [-0.4, -0.2) is 40.6 Å². The van der Waals surface area contributed by atoms with E-state index in [-0.39, 0.29) is 0 Å². The smallest absolute Gasteiger partial charge is 0.225 e. The molecule has 0 spiro atoms. The second-order valence-electron chi connectivity index (χ2n) is 3.51. The van der Waals surface area contributed by atoms with Crippen LogP contribution >= 0.6 is 12.2 Å². The molecule has 1 aromatic rings. The summed E-state index contributed by atoms with van der Waals surface area (Å²) >= 11 is 5.07. The second kappa shape index (κ2) is 3.70. The lowest BCUT2D eigenvalue weighted by atomic mass is 10.3. The third kappa shape index (κ3) is 1.55. The Morgan fingerprint density at radius 2 is 2.43 bits per heavy atom. The molecule has 1 atom stereocenters. The van der Waals surface area contributed by atoms with Crippen molar-refractivity contribution >= 4 is 18.2 Å². The van der Waals surface area contributed by atoms with Crippen molar-refractivity contribution in [2.24, 2.45) is 7.05 Å². The van der Waals surface area contributed by atoms with Crippen molar-refractivity contribution in [1.82, 2.24) is 14.8 Å². The molecule has 14 heavy (non-hydrogen) atoms. The fraction of sp³-hybridized carbons (Fsp3) is 0.750. The quantitative estimate of drug-likeness (QED) is 0.699. The Labute approximate surface area is 87.7 Å². The van der Waals surface area contributed by atoms with Crippen molar-refractivity contribution in [3.8, 4) is 0 Å². The maximum absolute atomic E-state index is 5.37. The maximum Gasteiger partial charge on any atom is 0.225 e. The largest absolute Gasteiger partial charge is 0.377 e. The highest BCUT2D eigenvalue weighted by atomic mass is 32.1. The van der Waals surface area contributed by atoms with Crippen LogP contribution < -0.4 is 4.90 Å². The summed E-state index contributed by atoms with van der Waals surface area (Å²) in [5.41, 5.74) is 0. The van der Waals surface area contributed by atoms with Crippen LogP contribution in [0, 0.1) is 4.77 Å². The third-order valence-electron chi connectivity index (χ3n) is 2.48. The number of anilines is 1. The first-order chi connectivity index (χ1) is 6.70. The van der Waals surface area contributed by atoms with Crippen LogP contribution in [-0.2, 0) is 11.8 Å². The molecular weight excluding hydrogens is 200 g/mol. The lowest BCUT2D eigenvalue weighted by Crippen LogP contribution is -2.44. The predicted octanol–water partition coefficient (Wildman–Crippen LogP) is 0.703. The molecule has 78 valence electrons. The van der Waals surface area contributed by atoms with Crippen LogP contribution in [0.25, 0.3) is 0 Å². The summed E-state index contributed by atoms with van der Waals surface area (Å²) in [5, 5.41) is 6.99. The monoisotopic (exact) mass is 214 g/mol. The Balaban J connectivity index is 2.29. The van der Waals surface area contributed by atoms with Gasteiger partial charge in [0, 0.05) is 13.6 Å². The van der Waals surface area contributed by atoms with E-state index < -0.39 is 0 Å². The number of morpholine rings is 1. The van der Waals surface area contributed by atoms with Crippen molar-refractivity contribution < 1.29 is 4.74 Å². The minimum Gasteiger partial charge on any atom is -0.377 e. The molecule has 0 aromatic carbocycles. The fourth-order valence-corrected chi connectivity index (χ4v) is 1.75. The minimum atomic E-state index is 0.354. The highest BCUT2D eigenvalue weighted by molar-refractivity contribution is 7.71. The van der Waals surface area contributed by atoms with Crippen LogP contribution in [0.15, 0.2) is 0 Å². The zero-order chi connectivity index (χ0) is 10.1.